The molecule has 120 heavy (non-hydrogen) atoms. The number of nitrogen functional groups attached to an aromatic ring is 1. The molecule has 0 saturated carbocycles. The van der Waals surface area contributed by atoms with Crippen molar-refractivity contribution in [1.82, 2.24) is 19.9 Å². The molecule has 5 N–H and O–H groups in total. The Labute approximate surface area is 728 Å². The van der Waals surface area contributed by atoms with Crippen LogP contribution in [-0.4, -0.2) is 58.1 Å². The average molecular weight is 1850 g/mol. The first kappa shape index (κ1) is 84.6. The molecule has 0 radical (unpaired) electrons. The number of rotatable bonds is 10. The van der Waals surface area contributed by atoms with Gasteiger partial charge < -0.3 is 21.1 Å². The van der Waals surface area contributed by atoms with Crippen molar-refractivity contribution in [3.63, 3.8) is 0 Å². The first-order valence-corrected chi connectivity index (χ1v) is 40.8. The Hall–Kier alpha value is -13.3. The van der Waals surface area contributed by atoms with Gasteiger partial charge >= 0.3 is 7.12 Å². The molecule has 0 spiro atoms. The zero-order chi connectivity index (χ0) is 84.0. The maximum atomic E-state index is 12.6. The van der Waals surface area contributed by atoms with Crippen LogP contribution in [0.15, 0.2) is 400 Å². The first-order valence-electron chi connectivity index (χ1n) is 37.3. The number of hydrogen-bond acceptors (Lipinski definition) is 13. The zero-order valence-electron chi connectivity index (χ0n) is 63.4. The molecule has 0 saturated heterocycles. The summed E-state index contributed by atoms with van der Waals surface area (Å²) in [5.41, 5.74) is 16.7. The quantitative estimate of drug-likeness (QED) is 0.0249. The van der Waals surface area contributed by atoms with Crippen molar-refractivity contribution in [3.8, 4) is 44.8 Å². The van der Waals surface area contributed by atoms with Crippen LogP contribution < -0.4 is 16.5 Å². The Morgan fingerprint density at radius 3 is 1.30 bits per heavy atom. The Balaban J connectivity index is 0.000000124. The number of carbonyl (C=O) groups is 2. The van der Waals surface area contributed by atoms with Crippen LogP contribution in [0.5, 0.6) is 0 Å². The summed E-state index contributed by atoms with van der Waals surface area (Å²) in [6, 6.07) is 117. The molecule has 0 atom stereocenters. The lowest BCUT2D eigenvalue weighted by Crippen LogP contribution is -2.31. The highest BCUT2D eigenvalue weighted by Gasteiger charge is 2.23. The number of amides is 1. The van der Waals surface area contributed by atoms with E-state index < -0.39 is 17.3 Å². The van der Waals surface area contributed by atoms with Gasteiger partial charge in [0.05, 0.1) is 37.8 Å². The number of nitro benzene ring substituents is 2. The monoisotopic (exact) mass is 1850 g/mol. The van der Waals surface area contributed by atoms with E-state index in [2.05, 4.69) is 242 Å². The van der Waals surface area contributed by atoms with Crippen molar-refractivity contribution in [1.29, 1.82) is 0 Å². The van der Waals surface area contributed by atoms with Gasteiger partial charge in [0.25, 0.3) is 22.5 Å². The van der Waals surface area contributed by atoms with Crippen LogP contribution in [0, 0.1) is 20.2 Å². The molecule has 1 amide bonds. The Kier molecular flexibility index (Phi) is 28.7. The van der Waals surface area contributed by atoms with Crippen molar-refractivity contribution in [2.24, 2.45) is 0 Å². The SMILES string of the molecule is Brc1cccc2ccccc12.Brc1ccnc(-c2nc3ccccc3c3c2ccc2ccccc23)c1.Nc1ccccc1-c1cccc2ccccc12.O=C(Cl)c1cc(Br)ccn1.O=C(Nc1ccccc1-c1cccc2ccccc12)c1cc(Br)ccn1.O=[N+]([O-])c1ccccc1-c1cccc2ccccc12.O=[N+]([O-])c1ccccc1B(O)O. The Morgan fingerprint density at radius 1 is 0.375 bits per heavy atom. The van der Waals surface area contributed by atoms with Gasteiger partial charge in [-0.2, -0.15) is 0 Å². The second-order valence-corrected chi connectivity index (χ2v) is 30.6. The number of nitrogens with two attached hydrogens (primary N) is 1. The fourth-order valence-corrected chi connectivity index (χ4v) is 15.2. The van der Waals surface area contributed by atoms with Crippen LogP contribution in [0.2, 0.25) is 0 Å². The number of nitrogens with one attached hydrogen (secondary N) is 1. The number of halogens is 5. The number of hydrogen-bond donors (Lipinski definition) is 4. The second-order valence-electron chi connectivity index (χ2n) is 26.6. The predicted molar refractivity (Wildman–Crippen MR) is 503 cm³/mol. The standard InChI is InChI=1S/C22H15BrN2O.C22H13BrN2.C16H11NO2.C16H13N.C10H7Br.C6H6BNO4.C6H3BrClNO/c23-16-12-13-24-21(14-16)22(26)25-20-11-4-3-9-19(20)18-10-5-7-15-6-1-2-8-17(15)18;23-15-11-12-24-20(13-15)22-18-10-9-14-5-1-2-6-16(14)21(18)17-7-3-4-8-19(17)25-22;18-17(19)16-11-4-3-9-15(16)14-10-5-7-12-6-1-2-8-13(12)14;17-16-11-4-3-9-15(16)14-10-5-7-12-6-1-2-8-13(12)14;11-10-7-3-5-8-4-1-2-6-9(8)10;9-7(10)5-3-1-2-4-6(5)8(11)12;7-4-1-2-9-5(3-4)6(8)10/h1-14H,(H,25,26);1-13H;1-11H;1-11H,17H2;1-7H;1-4,9-10H;1-3H. The number of nitro groups is 2. The van der Waals surface area contributed by atoms with Crippen molar-refractivity contribution in [3.05, 3.63) is 432 Å². The minimum atomic E-state index is -1.80. The third-order valence-electron chi connectivity index (χ3n) is 19.1. The van der Waals surface area contributed by atoms with Gasteiger partial charge in [0.1, 0.15) is 11.4 Å². The number of fused-ring (bicyclic) bond motifs is 9. The third-order valence-corrected chi connectivity index (χ3v) is 21.4. The Bertz CT molecular complexity index is 6940. The van der Waals surface area contributed by atoms with Crippen LogP contribution >= 0.6 is 75.3 Å². The highest BCUT2D eigenvalue weighted by atomic mass is 79.9. The largest absolute Gasteiger partial charge is 0.495 e. The van der Waals surface area contributed by atoms with Gasteiger partial charge in [-0.15, -0.1) is 0 Å². The van der Waals surface area contributed by atoms with Gasteiger partial charge in [-0.25, -0.2) is 4.98 Å². The fourth-order valence-electron chi connectivity index (χ4n) is 13.5. The molecule has 0 bridgehead atoms. The van der Waals surface area contributed by atoms with E-state index in [1.165, 1.54) is 90.6 Å². The van der Waals surface area contributed by atoms with E-state index in [1.807, 2.05) is 146 Å². The summed E-state index contributed by atoms with van der Waals surface area (Å²) >= 11 is 18.7. The molecule has 19 aromatic rings. The van der Waals surface area contributed by atoms with Gasteiger partial charge in [0, 0.05) is 87.3 Å². The van der Waals surface area contributed by atoms with Crippen LogP contribution in [-0.2, 0) is 0 Å². The van der Waals surface area contributed by atoms with Gasteiger partial charge in [-0.3, -0.25) is 44.8 Å². The zero-order valence-corrected chi connectivity index (χ0v) is 70.5. The molecular weight excluding hydrogens is 1780 g/mol. The normalized spacial score (nSPS) is 10.5. The smallest absolute Gasteiger partial charge is 0.423 e. The van der Waals surface area contributed by atoms with E-state index in [0.29, 0.717) is 11.3 Å². The lowest BCUT2D eigenvalue weighted by Gasteiger charge is -2.13. The number of para-hydroxylation sites is 5. The summed E-state index contributed by atoms with van der Waals surface area (Å²) in [7, 11) is -1.80. The molecule has 0 aliphatic heterocycles. The molecule has 15 aromatic carbocycles. The third kappa shape index (κ3) is 21.0. The minimum absolute atomic E-state index is 0.0949. The topological polar surface area (TPSA) is 250 Å². The highest BCUT2D eigenvalue weighted by molar-refractivity contribution is 9.11. The predicted octanol–water partition coefficient (Wildman–Crippen LogP) is 25.9. The van der Waals surface area contributed by atoms with E-state index in [1.54, 1.807) is 42.6 Å². The van der Waals surface area contributed by atoms with Crippen LogP contribution in [0.1, 0.15) is 21.0 Å². The summed E-state index contributed by atoms with van der Waals surface area (Å²) in [6.45, 7) is 0. The molecular formula is C98H68BBr4ClN8O8. The molecule has 22 heteroatoms. The molecule has 0 fully saturated rings. The van der Waals surface area contributed by atoms with Crippen molar-refractivity contribution in [2.45, 2.75) is 0 Å². The molecule has 586 valence electrons. The van der Waals surface area contributed by atoms with Gasteiger partial charge in [0.2, 0.25) is 0 Å². The van der Waals surface area contributed by atoms with E-state index >= 15 is 0 Å². The lowest BCUT2D eigenvalue weighted by molar-refractivity contribution is -0.384. The number of carbonyl (C=O) groups excluding carboxylic acids is 2. The Morgan fingerprint density at radius 2 is 0.775 bits per heavy atom. The highest BCUT2D eigenvalue weighted by Crippen LogP contribution is 2.40. The minimum Gasteiger partial charge on any atom is -0.423 e. The second kappa shape index (κ2) is 40.7. The van der Waals surface area contributed by atoms with Crippen molar-refractivity contribution in [2.75, 3.05) is 11.1 Å². The summed E-state index contributed by atoms with van der Waals surface area (Å²) in [6.07, 6.45) is 4.93. The fraction of sp³-hybridized carbons (Fsp3) is 0. The van der Waals surface area contributed by atoms with E-state index in [0.717, 1.165) is 90.0 Å². The van der Waals surface area contributed by atoms with Crippen LogP contribution in [0.3, 0.4) is 0 Å². The van der Waals surface area contributed by atoms with E-state index in [9.17, 15) is 29.8 Å². The number of anilines is 2. The van der Waals surface area contributed by atoms with Crippen molar-refractivity contribution >= 4 is 197 Å². The first-order chi connectivity index (χ1) is 58.4. The summed E-state index contributed by atoms with van der Waals surface area (Å²) in [5, 5.41) is 56.8. The van der Waals surface area contributed by atoms with Crippen LogP contribution in [0.25, 0.3) is 120 Å². The molecule has 0 aliphatic rings. The molecule has 4 heterocycles. The lowest BCUT2D eigenvalue weighted by atomic mass is 9.79. The van der Waals surface area contributed by atoms with E-state index in [-0.39, 0.29) is 33.4 Å². The molecule has 0 unspecified atom stereocenters. The summed E-state index contributed by atoms with van der Waals surface area (Å²) in [5.74, 6) is -0.237. The molecule has 0 aliphatic carbocycles. The van der Waals surface area contributed by atoms with Crippen LogP contribution in [0.4, 0.5) is 22.7 Å². The number of nitrogens with zero attached hydrogens (tertiary/aromatic N) is 6. The number of benzene rings is 15. The number of pyridine rings is 4. The molecule has 4 aromatic heterocycles. The molecule has 16 nitrogen and oxygen atoms in total. The van der Waals surface area contributed by atoms with Crippen molar-refractivity contribution < 1.29 is 29.5 Å². The van der Waals surface area contributed by atoms with Gasteiger partial charge in [-0.1, -0.05) is 349 Å². The van der Waals surface area contributed by atoms with Gasteiger partial charge in [0.15, 0.2) is 0 Å². The number of aromatic nitrogens is 4. The average Bonchev–Trinajstić information content (AvgIpc) is 0.742. The maximum Gasteiger partial charge on any atom is 0.495 e. The summed E-state index contributed by atoms with van der Waals surface area (Å²) in [4.78, 5) is 60.9. The van der Waals surface area contributed by atoms with Gasteiger partial charge in [-0.05, 0) is 149 Å². The van der Waals surface area contributed by atoms with E-state index in [4.69, 9.17) is 32.4 Å². The maximum absolute atomic E-state index is 12.6. The summed E-state index contributed by atoms with van der Waals surface area (Å²) < 4.78 is 3.78. The molecule has 19 rings (SSSR count).